The summed E-state index contributed by atoms with van der Waals surface area (Å²) in [5.74, 6) is 1.01. The van der Waals surface area contributed by atoms with Gasteiger partial charge in [-0.1, -0.05) is 0 Å². The third kappa shape index (κ3) is 3.95. The van der Waals surface area contributed by atoms with Gasteiger partial charge in [0, 0.05) is 19.4 Å². The summed E-state index contributed by atoms with van der Waals surface area (Å²) >= 11 is 0. The van der Waals surface area contributed by atoms with E-state index in [1.165, 1.54) is 0 Å². The maximum Gasteiger partial charge on any atom is 0.227 e. The van der Waals surface area contributed by atoms with Crippen molar-refractivity contribution in [1.82, 2.24) is 4.98 Å². The summed E-state index contributed by atoms with van der Waals surface area (Å²) in [7, 11) is 3.11. The lowest BCUT2D eigenvalue weighted by Gasteiger charge is -2.05. The van der Waals surface area contributed by atoms with Crippen molar-refractivity contribution in [3.8, 4) is 5.75 Å². The molecule has 0 aliphatic carbocycles. The minimum absolute atomic E-state index is 0.127. The Morgan fingerprint density at radius 2 is 2.33 bits per heavy atom. The van der Waals surface area contributed by atoms with Crippen LogP contribution in [0, 0.1) is 0 Å². The average molecular weight is 210 g/mol. The van der Waals surface area contributed by atoms with E-state index in [0.29, 0.717) is 24.6 Å². The van der Waals surface area contributed by atoms with Crippen LogP contribution >= 0.6 is 0 Å². The van der Waals surface area contributed by atoms with Crippen molar-refractivity contribution in [2.75, 3.05) is 26.1 Å². The minimum Gasteiger partial charge on any atom is -0.497 e. The highest BCUT2D eigenvalue weighted by Crippen LogP contribution is 2.13. The van der Waals surface area contributed by atoms with Crippen LogP contribution in [0.5, 0.6) is 5.75 Å². The lowest BCUT2D eigenvalue weighted by molar-refractivity contribution is -0.117. The molecule has 0 aliphatic heterocycles. The SMILES string of the molecule is COCCC(=O)Nc1cc(OC)ccn1. The van der Waals surface area contributed by atoms with Crippen LogP contribution in [0.25, 0.3) is 0 Å². The lowest BCUT2D eigenvalue weighted by atomic mass is 10.4. The molecule has 1 aromatic heterocycles. The summed E-state index contributed by atoms with van der Waals surface area (Å²) in [5.41, 5.74) is 0. The highest BCUT2D eigenvalue weighted by atomic mass is 16.5. The van der Waals surface area contributed by atoms with Gasteiger partial charge in [0.1, 0.15) is 11.6 Å². The van der Waals surface area contributed by atoms with Crippen LogP contribution in [0.2, 0.25) is 0 Å². The number of methoxy groups -OCH3 is 2. The molecular formula is C10H14N2O3. The summed E-state index contributed by atoms with van der Waals surface area (Å²) < 4.78 is 9.79. The first-order chi connectivity index (χ1) is 7.26. The molecule has 1 amide bonds. The van der Waals surface area contributed by atoms with Crippen LogP contribution < -0.4 is 10.1 Å². The maximum atomic E-state index is 11.3. The first-order valence-corrected chi connectivity index (χ1v) is 4.55. The number of carbonyl (C=O) groups excluding carboxylic acids is 1. The smallest absolute Gasteiger partial charge is 0.227 e. The molecule has 5 heteroatoms. The predicted octanol–water partition coefficient (Wildman–Crippen LogP) is 1.07. The van der Waals surface area contributed by atoms with Gasteiger partial charge in [-0.3, -0.25) is 4.79 Å². The quantitative estimate of drug-likeness (QED) is 0.789. The van der Waals surface area contributed by atoms with Crippen molar-refractivity contribution in [3.63, 3.8) is 0 Å². The predicted molar refractivity (Wildman–Crippen MR) is 55.9 cm³/mol. The molecule has 0 spiro atoms. The lowest BCUT2D eigenvalue weighted by Crippen LogP contribution is -2.14. The second-order valence-electron chi connectivity index (χ2n) is 2.87. The molecule has 5 nitrogen and oxygen atoms in total. The van der Waals surface area contributed by atoms with E-state index in [-0.39, 0.29) is 5.91 Å². The number of amides is 1. The Balaban J connectivity index is 2.52. The van der Waals surface area contributed by atoms with Crippen molar-refractivity contribution < 1.29 is 14.3 Å². The molecule has 1 heterocycles. The van der Waals surface area contributed by atoms with Crippen LogP contribution in [0.15, 0.2) is 18.3 Å². The summed E-state index contributed by atoms with van der Waals surface area (Å²) in [5, 5.41) is 2.64. The zero-order valence-electron chi connectivity index (χ0n) is 8.82. The summed E-state index contributed by atoms with van der Waals surface area (Å²) in [6, 6.07) is 3.37. The molecule has 0 saturated heterocycles. The molecule has 82 valence electrons. The fourth-order valence-electron chi connectivity index (χ4n) is 1.01. The maximum absolute atomic E-state index is 11.3. The topological polar surface area (TPSA) is 60.5 Å². The van der Waals surface area contributed by atoms with Crippen molar-refractivity contribution in [1.29, 1.82) is 0 Å². The highest BCUT2D eigenvalue weighted by molar-refractivity contribution is 5.89. The number of aromatic nitrogens is 1. The first-order valence-electron chi connectivity index (χ1n) is 4.55. The summed E-state index contributed by atoms with van der Waals surface area (Å²) in [4.78, 5) is 15.3. The van der Waals surface area contributed by atoms with E-state index in [0.717, 1.165) is 0 Å². The number of anilines is 1. The summed E-state index contributed by atoms with van der Waals surface area (Å²) in [6.07, 6.45) is 1.89. The van der Waals surface area contributed by atoms with Crippen LogP contribution in [-0.4, -0.2) is 31.7 Å². The molecular weight excluding hydrogens is 196 g/mol. The standard InChI is InChI=1S/C10H14N2O3/c1-14-6-4-10(13)12-9-7-8(15-2)3-5-11-9/h3,5,7H,4,6H2,1-2H3,(H,11,12,13). The van der Waals surface area contributed by atoms with Gasteiger partial charge < -0.3 is 14.8 Å². The van der Waals surface area contributed by atoms with E-state index in [1.807, 2.05) is 0 Å². The largest absolute Gasteiger partial charge is 0.497 e. The molecule has 0 aromatic carbocycles. The number of ether oxygens (including phenoxy) is 2. The number of rotatable bonds is 5. The van der Waals surface area contributed by atoms with Crippen molar-refractivity contribution >= 4 is 11.7 Å². The molecule has 0 bridgehead atoms. The highest BCUT2D eigenvalue weighted by Gasteiger charge is 2.03. The normalized spacial score (nSPS) is 9.73. The molecule has 15 heavy (non-hydrogen) atoms. The molecule has 0 radical (unpaired) electrons. The van der Waals surface area contributed by atoms with E-state index >= 15 is 0 Å². The Kier molecular flexibility index (Phi) is 4.56. The molecule has 0 fully saturated rings. The molecule has 1 aromatic rings. The fraction of sp³-hybridized carbons (Fsp3) is 0.400. The molecule has 1 rings (SSSR count). The fourth-order valence-corrected chi connectivity index (χ4v) is 1.01. The number of carbonyl (C=O) groups is 1. The molecule has 1 N–H and O–H groups in total. The third-order valence-corrected chi connectivity index (χ3v) is 1.77. The Morgan fingerprint density at radius 3 is 3.00 bits per heavy atom. The van der Waals surface area contributed by atoms with Crippen molar-refractivity contribution in [3.05, 3.63) is 18.3 Å². The van der Waals surface area contributed by atoms with Gasteiger partial charge in [-0.15, -0.1) is 0 Å². The van der Waals surface area contributed by atoms with Crippen LogP contribution in [0.3, 0.4) is 0 Å². The summed E-state index contributed by atoms with van der Waals surface area (Å²) in [6.45, 7) is 0.399. The zero-order valence-corrected chi connectivity index (χ0v) is 8.82. The average Bonchev–Trinajstić information content (AvgIpc) is 2.26. The first kappa shape index (κ1) is 11.5. The monoisotopic (exact) mass is 210 g/mol. The van der Waals surface area contributed by atoms with E-state index < -0.39 is 0 Å². The van der Waals surface area contributed by atoms with Crippen LogP contribution in [-0.2, 0) is 9.53 Å². The molecule has 0 saturated carbocycles. The van der Waals surface area contributed by atoms with Crippen molar-refractivity contribution in [2.24, 2.45) is 0 Å². The van der Waals surface area contributed by atoms with Gasteiger partial charge >= 0.3 is 0 Å². The molecule has 0 atom stereocenters. The zero-order chi connectivity index (χ0) is 11.1. The number of nitrogens with one attached hydrogen (secondary N) is 1. The van der Waals surface area contributed by atoms with Gasteiger partial charge in [0.2, 0.25) is 5.91 Å². The van der Waals surface area contributed by atoms with Gasteiger partial charge in [-0.05, 0) is 6.07 Å². The van der Waals surface area contributed by atoms with Crippen LogP contribution in [0.1, 0.15) is 6.42 Å². The Morgan fingerprint density at radius 1 is 1.53 bits per heavy atom. The van der Waals surface area contributed by atoms with E-state index in [1.54, 1.807) is 32.5 Å². The van der Waals surface area contributed by atoms with Gasteiger partial charge in [-0.2, -0.15) is 0 Å². The molecule has 0 aliphatic rings. The number of nitrogens with zero attached hydrogens (tertiary/aromatic N) is 1. The minimum atomic E-state index is -0.127. The Bertz CT molecular complexity index is 328. The van der Waals surface area contributed by atoms with Gasteiger partial charge in [0.25, 0.3) is 0 Å². The van der Waals surface area contributed by atoms with Gasteiger partial charge in [0.15, 0.2) is 0 Å². The third-order valence-electron chi connectivity index (χ3n) is 1.77. The van der Waals surface area contributed by atoms with E-state index in [2.05, 4.69) is 10.3 Å². The molecule has 0 unspecified atom stereocenters. The second-order valence-corrected chi connectivity index (χ2v) is 2.87. The van der Waals surface area contributed by atoms with Gasteiger partial charge in [0.05, 0.1) is 20.1 Å². The van der Waals surface area contributed by atoms with Gasteiger partial charge in [-0.25, -0.2) is 4.98 Å². The second kappa shape index (κ2) is 5.98. The van der Waals surface area contributed by atoms with E-state index in [4.69, 9.17) is 9.47 Å². The Labute approximate surface area is 88.4 Å². The van der Waals surface area contributed by atoms with Crippen molar-refractivity contribution in [2.45, 2.75) is 6.42 Å². The van der Waals surface area contributed by atoms with Crippen LogP contribution in [0.4, 0.5) is 5.82 Å². The number of pyridine rings is 1. The number of hydrogen-bond acceptors (Lipinski definition) is 4. The van der Waals surface area contributed by atoms with E-state index in [9.17, 15) is 4.79 Å². The number of hydrogen-bond donors (Lipinski definition) is 1. The Hall–Kier alpha value is -1.62.